The first-order valence-corrected chi connectivity index (χ1v) is 6.94. The molecule has 96 valence electrons. The fourth-order valence-corrected chi connectivity index (χ4v) is 2.81. The van der Waals surface area contributed by atoms with Crippen molar-refractivity contribution in [2.24, 2.45) is 0 Å². The van der Waals surface area contributed by atoms with Gasteiger partial charge >= 0.3 is 0 Å². The summed E-state index contributed by atoms with van der Waals surface area (Å²) in [5.74, 6) is -0.271. The number of hydrogen-bond donors (Lipinski definition) is 1. The number of aromatic nitrogens is 2. The van der Waals surface area contributed by atoms with Crippen molar-refractivity contribution in [3.8, 4) is 5.69 Å². The summed E-state index contributed by atoms with van der Waals surface area (Å²) >= 11 is 8.59. The Bertz CT molecular complexity index is 835. The first kappa shape index (κ1) is 12.6. The van der Waals surface area contributed by atoms with Crippen LogP contribution in [0, 0.1) is 17.5 Å². The van der Waals surface area contributed by atoms with Crippen molar-refractivity contribution in [2.45, 2.75) is 6.92 Å². The molecule has 19 heavy (non-hydrogen) atoms. The molecule has 0 saturated carbocycles. The van der Waals surface area contributed by atoms with Gasteiger partial charge in [-0.15, -0.1) is 0 Å². The largest absolute Gasteiger partial charge is 0.330 e. The summed E-state index contributed by atoms with van der Waals surface area (Å²) in [6.07, 6.45) is 0. The molecule has 1 aromatic heterocycles. The Morgan fingerprint density at radius 2 is 2.00 bits per heavy atom. The molecule has 5 heteroatoms. The maximum Gasteiger partial charge on any atom is 0.182 e. The van der Waals surface area contributed by atoms with E-state index < -0.39 is 0 Å². The minimum absolute atomic E-state index is 0.271. The van der Waals surface area contributed by atoms with E-state index in [0.29, 0.717) is 9.24 Å². The maximum absolute atomic E-state index is 13.5. The number of imidazole rings is 1. The van der Waals surface area contributed by atoms with E-state index in [1.54, 1.807) is 6.07 Å². The Balaban J connectivity index is 2.40. The number of rotatable bonds is 1. The topological polar surface area (TPSA) is 20.7 Å². The lowest BCUT2D eigenvalue weighted by Crippen LogP contribution is -1.98. The van der Waals surface area contributed by atoms with Gasteiger partial charge in [0.1, 0.15) is 5.82 Å². The van der Waals surface area contributed by atoms with Gasteiger partial charge in [-0.2, -0.15) is 0 Å². The summed E-state index contributed by atoms with van der Waals surface area (Å²) in [6, 6.07) is 11.1. The third kappa shape index (κ3) is 2.03. The van der Waals surface area contributed by atoms with Gasteiger partial charge in [-0.05, 0) is 64.9 Å². The zero-order chi connectivity index (χ0) is 13.6. The molecule has 3 rings (SSSR count). The van der Waals surface area contributed by atoms with Crippen molar-refractivity contribution < 1.29 is 4.39 Å². The first-order valence-electron chi connectivity index (χ1n) is 5.73. The van der Waals surface area contributed by atoms with Crippen molar-refractivity contribution in [2.75, 3.05) is 0 Å². The number of hydrogen-bond acceptors (Lipinski definition) is 1. The van der Waals surface area contributed by atoms with Gasteiger partial charge in [-0.25, -0.2) is 4.39 Å². The third-order valence-electron chi connectivity index (χ3n) is 3.07. The lowest BCUT2D eigenvalue weighted by Gasteiger charge is -2.09. The van der Waals surface area contributed by atoms with Crippen molar-refractivity contribution >= 4 is 39.2 Å². The van der Waals surface area contributed by atoms with E-state index in [9.17, 15) is 4.39 Å². The summed E-state index contributed by atoms with van der Waals surface area (Å²) in [7, 11) is 0. The summed E-state index contributed by atoms with van der Waals surface area (Å²) in [6.45, 7) is 1.87. The molecule has 0 aliphatic heterocycles. The number of nitrogens with zero attached hydrogens (tertiary/aromatic N) is 1. The van der Waals surface area contributed by atoms with Crippen LogP contribution in [-0.2, 0) is 0 Å². The van der Waals surface area contributed by atoms with Gasteiger partial charge in [0.2, 0.25) is 0 Å². The van der Waals surface area contributed by atoms with E-state index >= 15 is 0 Å². The molecule has 1 N–H and O–H groups in total. The van der Waals surface area contributed by atoms with Crippen LogP contribution in [0.5, 0.6) is 0 Å². The molecule has 0 radical (unpaired) electrons. The van der Waals surface area contributed by atoms with Crippen LogP contribution in [0.2, 0.25) is 0 Å². The van der Waals surface area contributed by atoms with E-state index in [1.165, 1.54) is 6.07 Å². The molecule has 0 saturated heterocycles. The molecule has 0 atom stereocenters. The second-order valence-electron chi connectivity index (χ2n) is 4.34. The Labute approximate surface area is 123 Å². The smallest absolute Gasteiger partial charge is 0.182 e. The third-order valence-corrected chi connectivity index (χ3v) is 3.96. The Hall–Kier alpha value is -1.46. The summed E-state index contributed by atoms with van der Waals surface area (Å²) in [4.78, 5) is 3.16. The second kappa shape index (κ2) is 4.58. The van der Waals surface area contributed by atoms with Crippen molar-refractivity contribution in [3.63, 3.8) is 0 Å². The van der Waals surface area contributed by atoms with E-state index in [1.807, 2.05) is 35.8 Å². The maximum atomic E-state index is 13.5. The lowest BCUT2D eigenvalue weighted by atomic mass is 10.2. The van der Waals surface area contributed by atoms with Gasteiger partial charge in [0.15, 0.2) is 4.77 Å². The number of halogens is 2. The summed E-state index contributed by atoms with van der Waals surface area (Å²) < 4.78 is 16.5. The van der Waals surface area contributed by atoms with Crippen LogP contribution < -0.4 is 0 Å². The van der Waals surface area contributed by atoms with Crippen LogP contribution >= 0.6 is 28.1 Å². The van der Waals surface area contributed by atoms with Gasteiger partial charge in [0.05, 0.1) is 21.2 Å². The van der Waals surface area contributed by atoms with Crippen LogP contribution in [0.4, 0.5) is 4.39 Å². The van der Waals surface area contributed by atoms with E-state index in [0.717, 1.165) is 22.3 Å². The molecule has 3 aromatic rings. The average molecular weight is 337 g/mol. The summed E-state index contributed by atoms with van der Waals surface area (Å²) in [5.41, 5.74) is 3.65. The van der Waals surface area contributed by atoms with Crippen LogP contribution in [-0.4, -0.2) is 9.55 Å². The van der Waals surface area contributed by atoms with Gasteiger partial charge in [0, 0.05) is 0 Å². The van der Waals surface area contributed by atoms with Crippen LogP contribution in [0.25, 0.3) is 16.7 Å². The Kier molecular flexibility index (Phi) is 3.03. The zero-order valence-corrected chi connectivity index (χ0v) is 12.5. The molecule has 0 aliphatic carbocycles. The quantitative estimate of drug-likeness (QED) is 0.627. The predicted octanol–water partition coefficient (Wildman–Crippen LogP) is 4.90. The Morgan fingerprint density at radius 1 is 1.26 bits per heavy atom. The number of benzene rings is 2. The Morgan fingerprint density at radius 3 is 2.79 bits per heavy atom. The van der Waals surface area contributed by atoms with Crippen molar-refractivity contribution in [1.82, 2.24) is 9.55 Å². The second-order valence-corrected chi connectivity index (χ2v) is 5.58. The average Bonchev–Trinajstić information content (AvgIpc) is 2.70. The van der Waals surface area contributed by atoms with Crippen molar-refractivity contribution in [1.29, 1.82) is 0 Å². The predicted molar refractivity (Wildman–Crippen MR) is 80.9 cm³/mol. The summed E-state index contributed by atoms with van der Waals surface area (Å²) in [5, 5.41) is 0. The number of H-pyrrole nitrogens is 1. The number of nitrogens with one attached hydrogen (secondary N) is 1. The van der Waals surface area contributed by atoms with E-state index in [2.05, 4.69) is 20.9 Å². The van der Waals surface area contributed by atoms with Gasteiger partial charge in [-0.1, -0.05) is 12.1 Å². The van der Waals surface area contributed by atoms with E-state index in [4.69, 9.17) is 12.2 Å². The van der Waals surface area contributed by atoms with Crippen LogP contribution in [0.1, 0.15) is 5.56 Å². The minimum Gasteiger partial charge on any atom is -0.330 e. The van der Waals surface area contributed by atoms with Gasteiger partial charge < -0.3 is 4.98 Å². The number of aryl methyl sites for hydroxylation is 1. The molecule has 2 nitrogen and oxygen atoms in total. The molecule has 0 aliphatic rings. The fourth-order valence-electron chi connectivity index (χ4n) is 2.17. The molecule has 0 bridgehead atoms. The number of para-hydroxylation sites is 2. The molecular weight excluding hydrogens is 327 g/mol. The highest BCUT2D eigenvalue weighted by Gasteiger charge is 2.11. The molecule has 0 unspecified atom stereocenters. The molecule has 0 amide bonds. The first-order chi connectivity index (χ1) is 9.08. The van der Waals surface area contributed by atoms with Gasteiger partial charge in [0.25, 0.3) is 0 Å². The SMILES string of the molecule is Cc1cc(F)c(Br)cc1-n1c(=S)[nH]c2ccccc21. The fraction of sp³-hybridized carbons (Fsp3) is 0.0714. The molecule has 2 aromatic carbocycles. The van der Waals surface area contributed by atoms with Crippen LogP contribution in [0.15, 0.2) is 40.9 Å². The minimum atomic E-state index is -0.271. The molecule has 0 fully saturated rings. The zero-order valence-electron chi connectivity index (χ0n) is 10.1. The van der Waals surface area contributed by atoms with Crippen LogP contribution in [0.3, 0.4) is 0 Å². The molecule has 1 heterocycles. The normalized spacial score (nSPS) is 11.1. The standard InChI is InChI=1S/C14H10BrFN2S/c1-8-6-10(16)9(15)7-13(8)18-12-5-3-2-4-11(12)17-14(18)19/h2-7H,1H3,(H,17,19). The highest BCUT2D eigenvalue weighted by molar-refractivity contribution is 9.10. The number of fused-ring (bicyclic) bond motifs is 1. The van der Waals surface area contributed by atoms with E-state index in [-0.39, 0.29) is 5.82 Å². The number of aromatic amines is 1. The highest BCUT2D eigenvalue weighted by Crippen LogP contribution is 2.26. The van der Waals surface area contributed by atoms with Crippen molar-refractivity contribution in [3.05, 3.63) is 57.0 Å². The lowest BCUT2D eigenvalue weighted by molar-refractivity contribution is 0.619. The highest BCUT2D eigenvalue weighted by atomic mass is 79.9. The monoisotopic (exact) mass is 336 g/mol. The van der Waals surface area contributed by atoms with Gasteiger partial charge in [-0.3, -0.25) is 4.57 Å². The molecule has 0 spiro atoms. The molecular formula is C14H10BrFN2S.